The molecule has 1 aliphatic heterocycles. The van der Waals surface area contributed by atoms with Crippen molar-refractivity contribution in [1.82, 2.24) is 0 Å². The highest BCUT2D eigenvalue weighted by molar-refractivity contribution is 6.35. The van der Waals surface area contributed by atoms with Crippen LogP contribution in [-0.4, -0.2) is 25.7 Å². The number of carbonyl (C=O) groups is 2. The monoisotopic (exact) mass is 366 g/mol. The lowest BCUT2D eigenvalue weighted by Crippen LogP contribution is -2.04. The van der Waals surface area contributed by atoms with E-state index in [1.807, 2.05) is 19.9 Å². The Labute approximate surface area is 152 Å². The number of benzene rings is 1. The minimum Gasteiger partial charge on any atom is -0.496 e. The molecule has 2 rings (SSSR count). The van der Waals surface area contributed by atoms with Gasteiger partial charge in [0.25, 0.3) is 0 Å². The SMILES string of the molecule is CCOC(=O)CC/C(C)=C/Cc1c(Cl)c2c(c(C)c1OC)COC2=O. The summed E-state index contributed by atoms with van der Waals surface area (Å²) < 4.78 is 15.6. The van der Waals surface area contributed by atoms with Gasteiger partial charge in [-0.05, 0) is 39.2 Å². The minimum atomic E-state index is -0.394. The average Bonchev–Trinajstić information content (AvgIpc) is 2.97. The molecule has 0 atom stereocenters. The molecular formula is C19H23ClO5. The number of hydrogen-bond acceptors (Lipinski definition) is 5. The van der Waals surface area contributed by atoms with Crippen molar-refractivity contribution in [1.29, 1.82) is 0 Å². The lowest BCUT2D eigenvalue weighted by Gasteiger charge is -2.15. The van der Waals surface area contributed by atoms with Crippen LogP contribution in [0.5, 0.6) is 5.75 Å². The molecule has 25 heavy (non-hydrogen) atoms. The van der Waals surface area contributed by atoms with Gasteiger partial charge in [0.2, 0.25) is 0 Å². The van der Waals surface area contributed by atoms with Gasteiger partial charge in [0, 0.05) is 17.5 Å². The number of methoxy groups -OCH3 is 1. The van der Waals surface area contributed by atoms with Crippen molar-refractivity contribution in [3.8, 4) is 5.75 Å². The van der Waals surface area contributed by atoms with E-state index in [4.69, 9.17) is 25.8 Å². The highest BCUT2D eigenvalue weighted by Gasteiger charge is 2.31. The Morgan fingerprint density at radius 3 is 2.72 bits per heavy atom. The number of halogens is 1. The van der Waals surface area contributed by atoms with Crippen molar-refractivity contribution < 1.29 is 23.8 Å². The second kappa shape index (κ2) is 8.39. The lowest BCUT2D eigenvalue weighted by molar-refractivity contribution is -0.143. The first kappa shape index (κ1) is 19.3. The van der Waals surface area contributed by atoms with Gasteiger partial charge in [0.1, 0.15) is 12.4 Å². The van der Waals surface area contributed by atoms with Gasteiger partial charge in [-0.15, -0.1) is 0 Å². The van der Waals surface area contributed by atoms with Crippen LogP contribution in [0.3, 0.4) is 0 Å². The third kappa shape index (κ3) is 4.15. The summed E-state index contributed by atoms with van der Waals surface area (Å²) >= 11 is 6.47. The molecule has 1 aromatic rings. The number of hydrogen-bond donors (Lipinski definition) is 0. The van der Waals surface area contributed by atoms with Crippen LogP contribution in [0, 0.1) is 6.92 Å². The van der Waals surface area contributed by atoms with Gasteiger partial charge in [-0.2, -0.15) is 0 Å². The summed E-state index contributed by atoms with van der Waals surface area (Å²) in [6.45, 7) is 6.25. The second-order valence-electron chi connectivity index (χ2n) is 5.94. The maximum absolute atomic E-state index is 12.0. The van der Waals surface area contributed by atoms with Gasteiger partial charge < -0.3 is 14.2 Å². The molecule has 0 radical (unpaired) electrons. The Balaban J connectivity index is 2.23. The molecule has 1 aliphatic rings. The van der Waals surface area contributed by atoms with Crippen molar-refractivity contribution in [3.05, 3.63) is 38.9 Å². The van der Waals surface area contributed by atoms with E-state index < -0.39 is 5.97 Å². The molecule has 1 heterocycles. The molecule has 0 fully saturated rings. The third-order valence-corrected chi connectivity index (χ3v) is 4.71. The van der Waals surface area contributed by atoms with Crippen LogP contribution in [0.1, 0.15) is 53.7 Å². The molecule has 6 heteroatoms. The Morgan fingerprint density at radius 2 is 2.08 bits per heavy atom. The van der Waals surface area contributed by atoms with Gasteiger partial charge in [-0.25, -0.2) is 4.79 Å². The number of ether oxygens (including phenoxy) is 3. The highest BCUT2D eigenvalue weighted by Crippen LogP contribution is 2.40. The van der Waals surface area contributed by atoms with Crippen LogP contribution in [0.2, 0.25) is 5.02 Å². The molecular weight excluding hydrogens is 344 g/mol. The fourth-order valence-corrected chi connectivity index (χ4v) is 3.26. The molecule has 0 saturated heterocycles. The molecule has 0 N–H and O–H groups in total. The molecule has 0 unspecified atom stereocenters. The van der Waals surface area contributed by atoms with E-state index in [1.165, 1.54) is 0 Å². The van der Waals surface area contributed by atoms with E-state index in [1.54, 1.807) is 14.0 Å². The van der Waals surface area contributed by atoms with Crippen molar-refractivity contribution in [2.45, 2.75) is 46.6 Å². The Bertz CT molecular complexity index is 721. The van der Waals surface area contributed by atoms with Gasteiger partial charge in [-0.1, -0.05) is 23.3 Å². The predicted molar refractivity (Wildman–Crippen MR) is 95.2 cm³/mol. The summed E-state index contributed by atoms with van der Waals surface area (Å²) in [5.41, 5.74) is 3.91. The molecule has 0 amide bonds. The zero-order valence-corrected chi connectivity index (χ0v) is 15.8. The predicted octanol–water partition coefficient (Wildman–Crippen LogP) is 4.16. The van der Waals surface area contributed by atoms with Crippen molar-refractivity contribution in [2.24, 2.45) is 0 Å². The summed E-state index contributed by atoms with van der Waals surface area (Å²) in [7, 11) is 1.59. The summed E-state index contributed by atoms with van der Waals surface area (Å²) in [5, 5.41) is 0.384. The molecule has 0 aliphatic carbocycles. The highest BCUT2D eigenvalue weighted by atomic mass is 35.5. The number of allylic oxidation sites excluding steroid dienone is 2. The van der Waals surface area contributed by atoms with Crippen molar-refractivity contribution >= 4 is 23.5 Å². The largest absolute Gasteiger partial charge is 0.496 e. The Kier molecular flexibility index (Phi) is 6.48. The first-order chi connectivity index (χ1) is 11.9. The zero-order valence-electron chi connectivity index (χ0n) is 15.0. The summed E-state index contributed by atoms with van der Waals surface area (Å²) in [4.78, 5) is 23.4. The van der Waals surface area contributed by atoms with Crippen molar-refractivity contribution in [2.75, 3.05) is 13.7 Å². The first-order valence-electron chi connectivity index (χ1n) is 8.26. The van der Waals surface area contributed by atoms with Crippen LogP contribution in [0.25, 0.3) is 0 Å². The normalized spacial score (nSPS) is 13.5. The Morgan fingerprint density at radius 1 is 1.36 bits per heavy atom. The number of esters is 2. The molecule has 0 bridgehead atoms. The fourth-order valence-electron chi connectivity index (χ4n) is 2.91. The number of carbonyl (C=O) groups excluding carboxylic acids is 2. The molecule has 0 saturated carbocycles. The summed E-state index contributed by atoms with van der Waals surface area (Å²) in [6, 6.07) is 0. The molecule has 5 nitrogen and oxygen atoms in total. The van der Waals surface area contributed by atoms with Crippen LogP contribution >= 0.6 is 11.6 Å². The average molecular weight is 367 g/mol. The summed E-state index contributed by atoms with van der Waals surface area (Å²) in [5.74, 6) is 0.0773. The maximum Gasteiger partial charge on any atom is 0.340 e. The topological polar surface area (TPSA) is 61.8 Å². The third-order valence-electron chi connectivity index (χ3n) is 4.29. The van der Waals surface area contributed by atoms with E-state index in [-0.39, 0.29) is 12.6 Å². The quantitative estimate of drug-likeness (QED) is 0.535. The van der Waals surface area contributed by atoms with Crippen LogP contribution in [0.15, 0.2) is 11.6 Å². The van der Waals surface area contributed by atoms with Gasteiger partial charge in [0.05, 0.1) is 24.3 Å². The smallest absolute Gasteiger partial charge is 0.340 e. The van der Waals surface area contributed by atoms with E-state index in [0.29, 0.717) is 42.2 Å². The van der Waals surface area contributed by atoms with E-state index in [2.05, 4.69) is 0 Å². The molecule has 136 valence electrons. The van der Waals surface area contributed by atoms with Crippen molar-refractivity contribution in [3.63, 3.8) is 0 Å². The van der Waals surface area contributed by atoms with Crippen LogP contribution < -0.4 is 4.74 Å². The Hall–Kier alpha value is -2.01. The summed E-state index contributed by atoms with van der Waals surface area (Å²) in [6.07, 6.45) is 3.47. The number of fused-ring (bicyclic) bond motifs is 1. The first-order valence-corrected chi connectivity index (χ1v) is 8.64. The maximum atomic E-state index is 12.0. The van der Waals surface area contributed by atoms with Crippen LogP contribution in [-0.2, 0) is 27.3 Å². The fraction of sp³-hybridized carbons (Fsp3) is 0.474. The minimum absolute atomic E-state index is 0.206. The van der Waals surface area contributed by atoms with E-state index in [9.17, 15) is 9.59 Å². The van der Waals surface area contributed by atoms with Gasteiger partial charge in [0.15, 0.2) is 0 Å². The number of rotatable bonds is 7. The molecule has 0 spiro atoms. The molecule has 0 aromatic heterocycles. The lowest BCUT2D eigenvalue weighted by atomic mass is 9.96. The number of cyclic esters (lactones) is 1. The zero-order chi connectivity index (χ0) is 18.6. The van der Waals surface area contributed by atoms with Gasteiger partial charge >= 0.3 is 11.9 Å². The van der Waals surface area contributed by atoms with Gasteiger partial charge in [-0.3, -0.25) is 4.79 Å². The van der Waals surface area contributed by atoms with E-state index >= 15 is 0 Å². The van der Waals surface area contributed by atoms with E-state index in [0.717, 1.165) is 22.3 Å². The second-order valence-corrected chi connectivity index (χ2v) is 6.32. The molecule has 1 aromatic carbocycles. The standard InChI is InChI=1S/C19H23ClO5/c1-5-24-15(21)9-7-11(2)6-8-13-17(20)16-14(10-25-19(16)22)12(3)18(13)23-4/h6H,5,7-10H2,1-4H3/b11-6+. The van der Waals surface area contributed by atoms with Crippen LogP contribution in [0.4, 0.5) is 0 Å².